The Labute approximate surface area is 152 Å². The van der Waals surface area contributed by atoms with Crippen LogP contribution in [0.25, 0.3) is 0 Å². The first-order valence-corrected chi connectivity index (χ1v) is 8.31. The van der Waals surface area contributed by atoms with Gasteiger partial charge in [-0.1, -0.05) is 12.1 Å². The summed E-state index contributed by atoms with van der Waals surface area (Å²) in [4.78, 5) is 12.3. The lowest BCUT2D eigenvalue weighted by molar-refractivity contribution is 0.0946. The van der Waals surface area contributed by atoms with Crippen LogP contribution in [-0.2, 0) is 0 Å². The van der Waals surface area contributed by atoms with Gasteiger partial charge in [-0.25, -0.2) is 0 Å². The molecule has 2 aromatic carbocycles. The Hall–Kier alpha value is -2.77. The standard InChI is InChI=1S/C19H24N2O5/c1-25-15-6-8-16(9-7-15)26-11-10-20-19(24)17-4-2-3-5-18(17)21-12-14(23)13-22/h2-9,14,21-23H,10-13H2,1H3,(H,20,24). The van der Waals surface area contributed by atoms with E-state index in [0.717, 1.165) is 5.75 Å². The molecule has 140 valence electrons. The van der Waals surface area contributed by atoms with Crippen molar-refractivity contribution in [3.05, 3.63) is 54.1 Å². The number of aliphatic hydroxyl groups is 2. The van der Waals surface area contributed by atoms with Crippen LogP contribution >= 0.6 is 0 Å². The van der Waals surface area contributed by atoms with Crippen molar-refractivity contribution in [1.29, 1.82) is 0 Å². The molecule has 0 spiro atoms. The molecule has 0 fully saturated rings. The number of hydrogen-bond acceptors (Lipinski definition) is 6. The summed E-state index contributed by atoms with van der Waals surface area (Å²) >= 11 is 0. The second-order valence-electron chi connectivity index (χ2n) is 5.54. The van der Waals surface area contributed by atoms with Crippen molar-refractivity contribution in [1.82, 2.24) is 5.32 Å². The van der Waals surface area contributed by atoms with Crippen molar-refractivity contribution in [3.63, 3.8) is 0 Å². The van der Waals surface area contributed by atoms with E-state index < -0.39 is 6.10 Å². The Kier molecular flexibility index (Phi) is 7.73. The largest absolute Gasteiger partial charge is 0.497 e. The molecule has 7 nitrogen and oxygen atoms in total. The molecule has 7 heteroatoms. The van der Waals surface area contributed by atoms with Gasteiger partial charge in [-0.3, -0.25) is 4.79 Å². The molecule has 1 unspecified atom stereocenters. The van der Waals surface area contributed by atoms with Gasteiger partial charge in [0.05, 0.1) is 31.9 Å². The zero-order valence-corrected chi connectivity index (χ0v) is 14.6. The molecule has 0 radical (unpaired) electrons. The van der Waals surface area contributed by atoms with Crippen LogP contribution in [0.4, 0.5) is 5.69 Å². The highest BCUT2D eigenvalue weighted by atomic mass is 16.5. The minimum absolute atomic E-state index is 0.154. The molecule has 0 heterocycles. The Morgan fingerprint density at radius 3 is 2.50 bits per heavy atom. The minimum Gasteiger partial charge on any atom is -0.497 e. The van der Waals surface area contributed by atoms with E-state index in [1.807, 2.05) is 0 Å². The van der Waals surface area contributed by atoms with E-state index in [0.29, 0.717) is 30.2 Å². The molecule has 0 bridgehead atoms. The van der Waals surface area contributed by atoms with Crippen molar-refractivity contribution in [2.45, 2.75) is 6.10 Å². The number of benzene rings is 2. The summed E-state index contributed by atoms with van der Waals surface area (Å²) in [6, 6.07) is 14.2. The molecule has 2 rings (SSSR count). The summed E-state index contributed by atoms with van der Waals surface area (Å²) in [6.07, 6.45) is -0.885. The summed E-state index contributed by atoms with van der Waals surface area (Å²) in [5.41, 5.74) is 1.05. The van der Waals surface area contributed by atoms with Crippen molar-refractivity contribution >= 4 is 11.6 Å². The van der Waals surface area contributed by atoms with Crippen LogP contribution in [0.5, 0.6) is 11.5 Å². The summed E-state index contributed by atoms with van der Waals surface area (Å²) in [5.74, 6) is 1.20. The SMILES string of the molecule is COc1ccc(OCCNC(=O)c2ccccc2NCC(O)CO)cc1. The van der Waals surface area contributed by atoms with E-state index in [-0.39, 0.29) is 19.1 Å². The summed E-state index contributed by atoms with van der Waals surface area (Å²) in [6.45, 7) is 0.487. The van der Waals surface area contributed by atoms with Gasteiger partial charge in [-0.05, 0) is 36.4 Å². The molecule has 0 saturated carbocycles. The van der Waals surface area contributed by atoms with E-state index in [4.69, 9.17) is 14.6 Å². The average molecular weight is 360 g/mol. The zero-order valence-electron chi connectivity index (χ0n) is 14.6. The van der Waals surface area contributed by atoms with Gasteiger partial charge >= 0.3 is 0 Å². The van der Waals surface area contributed by atoms with Gasteiger partial charge < -0.3 is 30.3 Å². The number of amides is 1. The number of nitrogens with one attached hydrogen (secondary N) is 2. The molecule has 4 N–H and O–H groups in total. The predicted octanol–water partition coefficient (Wildman–Crippen LogP) is 1.27. The molecular formula is C19H24N2O5. The average Bonchev–Trinajstić information content (AvgIpc) is 2.69. The summed E-state index contributed by atoms with van der Waals surface area (Å²) < 4.78 is 10.6. The van der Waals surface area contributed by atoms with E-state index >= 15 is 0 Å². The Morgan fingerprint density at radius 1 is 1.12 bits per heavy atom. The van der Waals surface area contributed by atoms with Crippen LogP contribution in [0.2, 0.25) is 0 Å². The summed E-state index contributed by atoms with van der Waals surface area (Å²) in [7, 11) is 1.60. The smallest absolute Gasteiger partial charge is 0.253 e. The predicted molar refractivity (Wildman–Crippen MR) is 98.8 cm³/mol. The highest BCUT2D eigenvalue weighted by Crippen LogP contribution is 2.17. The van der Waals surface area contributed by atoms with Gasteiger partial charge in [-0.2, -0.15) is 0 Å². The van der Waals surface area contributed by atoms with Crippen LogP contribution in [0.15, 0.2) is 48.5 Å². The third kappa shape index (κ3) is 5.94. The third-order valence-electron chi connectivity index (χ3n) is 3.63. The lowest BCUT2D eigenvalue weighted by Gasteiger charge is -2.14. The van der Waals surface area contributed by atoms with E-state index in [1.165, 1.54) is 0 Å². The van der Waals surface area contributed by atoms with Crippen LogP contribution < -0.4 is 20.1 Å². The van der Waals surface area contributed by atoms with Crippen molar-refractivity contribution < 1.29 is 24.5 Å². The molecule has 1 amide bonds. The second kappa shape index (κ2) is 10.3. The molecule has 2 aromatic rings. The molecular weight excluding hydrogens is 336 g/mol. The number of carbonyl (C=O) groups excluding carboxylic acids is 1. The highest BCUT2D eigenvalue weighted by Gasteiger charge is 2.11. The maximum absolute atomic E-state index is 12.3. The Bertz CT molecular complexity index is 691. The molecule has 26 heavy (non-hydrogen) atoms. The number of carbonyl (C=O) groups is 1. The van der Waals surface area contributed by atoms with Crippen LogP contribution in [0.3, 0.4) is 0 Å². The van der Waals surface area contributed by atoms with Gasteiger partial charge in [0.15, 0.2) is 0 Å². The number of anilines is 1. The molecule has 0 aromatic heterocycles. The second-order valence-corrected chi connectivity index (χ2v) is 5.54. The van der Waals surface area contributed by atoms with Gasteiger partial charge in [0.1, 0.15) is 18.1 Å². The number of aliphatic hydroxyl groups excluding tert-OH is 2. The van der Waals surface area contributed by atoms with Crippen LogP contribution in [0, 0.1) is 0 Å². The van der Waals surface area contributed by atoms with Gasteiger partial charge in [0, 0.05) is 12.2 Å². The fourth-order valence-electron chi connectivity index (χ4n) is 2.23. The van der Waals surface area contributed by atoms with Crippen molar-refractivity contribution in [2.75, 3.05) is 38.7 Å². The number of ether oxygens (including phenoxy) is 2. The first-order chi connectivity index (χ1) is 12.6. The fraction of sp³-hybridized carbons (Fsp3) is 0.316. The minimum atomic E-state index is -0.885. The Balaban J connectivity index is 1.81. The molecule has 0 aliphatic carbocycles. The fourth-order valence-corrected chi connectivity index (χ4v) is 2.23. The van der Waals surface area contributed by atoms with E-state index in [1.54, 1.807) is 55.6 Å². The maximum atomic E-state index is 12.3. The van der Waals surface area contributed by atoms with Crippen LogP contribution in [0.1, 0.15) is 10.4 Å². The number of para-hydroxylation sites is 1. The molecule has 0 aliphatic rings. The monoisotopic (exact) mass is 360 g/mol. The maximum Gasteiger partial charge on any atom is 0.253 e. The van der Waals surface area contributed by atoms with Gasteiger partial charge in [-0.15, -0.1) is 0 Å². The quantitative estimate of drug-likeness (QED) is 0.476. The van der Waals surface area contributed by atoms with Crippen molar-refractivity contribution in [3.8, 4) is 11.5 Å². The molecule has 0 aliphatic heterocycles. The number of methoxy groups -OCH3 is 1. The lowest BCUT2D eigenvalue weighted by atomic mass is 10.1. The Morgan fingerprint density at radius 2 is 1.81 bits per heavy atom. The number of hydrogen-bond donors (Lipinski definition) is 4. The number of rotatable bonds is 10. The third-order valence-corrected chi connectivity index (χ3v) is 3.63. The first-order valence-electron chi connectivity index (χ1n) is 8.31. The van der Waals surface area contributed by atoms with Crippen LogP contribution in [-0.4, -0.2) is 55.6 Å². The van der Waals surface area contributed by atoms with Crippen molar-refractivity contribution in [2.24, 2.45) is 0 Å². The van der Waals surface area contributed by atoms with E-state index in [9.17, 15) is 9.90 Å². The lowest BCUT2D eigenvalue weighted by Crippen LogP contribution is -2.29. The highest BCUT2D eigenvalue weighted by molar-refractivity contribution is 5.99. The van der Waals surface area contributed by atoms with Gasteiger partial charge in [0.2, 0.25) is 0 Å². The van der Waals surface area contributed by atoms with Gasteiger partial charge in [0.25, 0.3) is 5.91 Å². The first kappa shape index (κ1) is 19.6. The summed E-state index contributed by atoms with van der Waals surface area (Å²) in [5, 5.41) is 24.0. The zero-order chi connectivity index (χ0) is 18.8. The normalized spacial score (nSPS) is 11.5. The topological polar surface area (TPSA) is 100 Å². The van der Waals surface area contributed by atoms with E-state index in [2.05, 4.69) is 10.6 Å². The molecule has 0 saturated heterocycles. The molecule has 1 atom stereocenters.